The van der Waals surface area contributed by atoms with Gasteiger partial charge in [0.15, 0.2) is 0 Å². The first-order valence-corrected chi connectivity index (χ1v) is 6.89. The number of hydrogen-bond acceptors (Lipinski definition) is 3. The number of nitrogens with zero attached hydrogens (tertiary/aromatic N) is 4. The predicted octanol–water partition coefficient (Wildman–Crippen LogP) is 1.51. The van der Waals surface area contributed by atoms with Crippen LogP contribution in [0, 0.1) is 0 Å². The summed E-state index contributed by atoms with van der Waals surface area (Å²) in [6, 6.07) is 6.15. The lowest BCUT2D eigenvalue weighted by Gasteiger charge is -2.05. The number of pyridine rings is 1. The average Bonchev–Trinajstić information content (AvgIpc) is 3.02. The lowest BCUT2D eigenvalue weighted by Crippen LogP contribution is -2.05. The van der Waals surface area contributed by atoms with Gasteiger partial charge in [0.25, 0.3) is 0 Å². The lowest BCUT2D eigenvalue weighted by molar-refractivity contribution is 0.645. The molecule has 20 heavy (non-hydrogen) atoms. The SMILES string of the molecule is Cn1nccc1CCn1cc(CCN)c2cccnc21. The molecule has 0 saturated heterocycles. The van der Waals surface area contributed by atoms with Gasteiger partial charge in [-0.15, -0.1) is 0 Å². The Hall–Kier alpha value is -2.14. The van der Waals surface area contributed by atoms with Gasteiger partial charge in [0.2, 0.25) is 0 Å². The fourth-order valence-electron chi connectivity index (χ4n) is 2.60. The Bertz CT molecular complexity index is 710. The number of hydrogen-bond donors (Lipinski definition) is 1. The molecule has 2 N–H and O–H groups in total. The molecule has 0 atom stereocenters. The van der Waals surface area contributed by atoms with E-state index in [0.29, 0.717) is 6.54 Å². The zero-order valence-corrected chi connectivity index (χ0v) is 11.7. The predicted molar refractivity (Wildman–Crippen MR) is 79.4 cm³/mol. The molecule has 0 aromatic carbocycles. The topological polar surface area (TPSA) is 61.7 Å². The van der Waals surface area contributed by atoms with E-state index < -0.39 is 0 Å². The fourth-order valence-corrected chi connectivity index (χ4v) is 2.60. The minimum atomic E-state index is 0.662. The summed E-state index contributed by atoms with van der Waals surface area (Å²) < 4.78 is 4.13. The summed E-state index contributed by atoms with van der Waals surface area (Å²) in [5.41, 5.74) is 9.23. The molecule has 3 heterocycles. The molecule has 3 aromatic rings. The maximum Gasteiger partial charge on any atom is 0.140 e. The highest BCUT2D eigenvalue weighted by atomic mass is 15.3. The monoisotopic (exact) mass is 269 g/mol. The maximum absolute atomic E-state index is 5.69. The van der Waals surface area contributed by atoms with E-state index in [0.717, 1.165) is 25.0 Å². The summed E-state index contributed by atoms with van der Waals surface area (Å²) >= 11 is 0. The minimum absolute atomic E-state index is 0.662. The summed E-state index contributed by atoms with van der Waals surface area (Å²) in [5, 5.41) is 5.41. The maximum atomic E-state index is 5.69. The summed E-state index contributed by atoms with van der Waals surface area (Å²) in [6.45, 7) is 1.56. The van der Waals surface area contributed by atoms with E-state index in [1.807, 2.05) is 30.2 Å². The number of aromatic nitrogens is 4. The van der Waals surface area contributed by atoms with Crippen LogP contribution in [0.4, 0.5) is 0 Å². The Morgan fingerprint density at radius 1 is 1.20 bits per heavy atom. The van der Waals surface area contributed by atoms with Crippen LogP contribution in [0.5, 0.6) is 0 Å². The Morgan fingerprint density at radius 2 is 2.10 bits per heavy atom. The summed E-state index contributed by atoms with van der Waals surface area (Å²) in [6.07, 6.45) is 7.69. The summed E-state index contributed by atoms with van der Waals surface area (Å²) in [4.78, 5) is 4.51. The van der Waals surface area contributed by atoms with E-state index in [1.54, 1.807) is 0 Å². The van der Waals surface area contributed by atoms with E-state index in [4.69, 9.17) is 5.73 Å². The molecule has 0 amide bonds. The second-order valence-electron chi connectivity index (χ2n) is 4.96. The highest BCUT2D eigenvalue weighted by molar-refractivity contribution is 5.80. The van der Waals surface area contributed by atoms with Crippen molar-refractivity contribution >= 4 is 11.0 Å². The molecule has 0 aliphatic carbocycles. The molecule has 0 fully saturated rings. The van der Waals surface area contributed by atoms with Gasteiger partial charge in [0, 0.05) is 49.7 Å². The quantitative estimate of drug-likeness (QED) is 0.764. The van der Waals surface area contributed by atoms with Crippen LogP contribution in [-0.4, -0.2) is 25.9 Å². The highest BCUT2D eigenvalue weighted by Crippen LogP contribution is 2.20. The Kier molecular flexibility index (Phi) is 3.52. The lowest BCUT2D eigenvalue weighted by atomic mass is 10.2. The third-order valence-electron chi connectivity index (χ3n) is 3.66. The highest BCUT2D eigenvalue weighted by Gasteiger charge is 2.09. The van der Waals surface area contributed by atoms with Gasteiger partial charge < -0.3 is 10.3 Å². The molecule has 0 radical (unpaired) electrons. The molecular formula is C15H19N5. The van der Waals surface area contributed by atoms with Crippen molar-refractivity contribution in [1.82, 2.24) is 19.3 Å². The van der Waals surface area contributed by atoms with E-state index in [2.05, 4.69) is 33.0 Å². The number of nitrogens with two attached hydrogens (primary N) is 1. The first-order chi connectivity index (χ1) is 9.79. The van der Waals surface area contributed by atoms with Gasteiger partial charge in [0.1, 0.15) is 5.65 Å². The van der Waals surface area contributed by atoms with Crippen LogP contribution in [0.2, 0.25) is 0 Å². The molecule has 0 spiro atoms. The van der Waals surface area contributed by atoms with Crippen LogP contribution in [0.15, 0.2) is 36.8 Å². The molecule has 5 heteroatoms. The van der Waals surface area contributed by atoms with Gasteiger partial charge in [-0.25, -0.2) is 4.98 Å². The summed E-state index contributed by atoms with van der Waals surface area (Å²) in [7, 11) is 1.97. The zero-order valence-electron chi connectivity index (χ0n) is 11.7. The zero-order chi connectivity index (χ0) is 13.9. The van der Waals surface area contributed by atoms with E-state index >= 15 is 0 Å². The van der Waals surface area contributed by atoms with Crippen LogP contribution < -0.4 is 5.73 Å². The Balaban J connectivity index is 1.89. The molecular weight excluding hydrogens is 250 g/mol. The molecule has 104 valence electrons. The number of rotatable bonds is 5. The molecule has 0 saturated carbocycles. The van der Waals surface area contributed by atoms with E-state index in [9.17, 15) is 0 Å². The van der Waals surface area contributed by atoms with Crippen molar-refractivity contribution < 1.29 is 0 Å². The Labute approximate surface area is 118 Å². The standard InChI is InChI=1S/C15H19N5/c1-19-13(5-9-18-19)6-10-20-11-12(4-7-16)14-3-2-8-17-15(14)20/h2-3,5,8-9,11H,4,6-7,10,16H2,1H3. The molecule has 3 rings (SSSR count). The van der Waals surface area contributed by atoms with Crippen LogP contribution in [0.1, 0.15) is 11.3 Å². The second kappa shape index (κ2) is 5.46. The molecule has 0 bridgehead atoms. The van der Waals surface area contributed by atoms with Crippen molar-refractivity contribution in [3.05, 3.63) is 48.0 Å². The first kappa shape index (κ1) is 12.9. The Morgan fingerprint density at radius 3 is 2.85 bits per heavy atom. The van der Waals surface area contributed by atoms with Crippen LogP contribution in [-0.2, 0) is 26.4 Å². The van der Waals surface area contributed by atoms with Crippen molar-refractivity contribution in [2.75, 3.05) is 6.54 Å². The second-order valence-corrected chi connectivity index (χ2v) is 4.96. The van der Waals surface area contributed by atoms with Gasteiger partial charge in [-0.05, 0) is 36.7 Å². The molecule has 0 aliphatic rings. The van der Waals surface area contributed by atoms with Crippen LogP contribution in [0.3, 0.4) is 0 Å². The van der Waals surface area contributed by atoms with Crippen molar-refractivity contribution in [2.45, 2.75) is 19.4 Å². The first-order valence-electron chi connectivity index (χ1n) is 6.89. The summed E-state index contributed by atoms with van der Waals surface area (Å²) in [5.74, 6) is 0. The average molecular weight is 269 g/mol. The largest absolute Gasteiger partial charge is 0.332 e. The number of fused-ring (bicyclic) bond motifs is 1. The molecule has 5 nitrogen and oxygen atoms in total. The van der Waals surface area contributed by atoms with Crippen molar-refractivity contribution in [2.24, 2.45) is 12.8 Å². The van der Waals surface area contributed by atoms with Gasteiger partial charge >= 0.3 is 0 Å². The molecule has 0 aliphatic heterocycles. The third-order valence-corrected chi connectivity index (χ3v) is 3.66. The van der Waals surface area contributed by atoms with Gasteiger partial charge in [-0.1, -0.05) is 0 Å². The van der Waals surface area contributed by atoms with Gasteiger partial charge in [-0.2, -0.15) is 5.10 Å². The normalized spacial score (nSPS) is 11.3. The van der Waals surface area contributed by atoms with Gasteiger partial charge in [0.05, 0.1) is 0 Å². The fraction of sp³-hybridized carbons (Fsp3) is 0.333. The molecule has 0 unspecified atom stereocenters. The molecule has 3 aromatic heterocycles. The van der Waals surface area contributed by atoms with Crippen molar-refractivity contribution in [1.29, 1.82) is 0 Å². The van der Waals surface area contributed by atoms with Crippen molar-refractivity contribution in [3.63, 3.8) is 0 Å². The van der Waals surface area contributed by atoms with Crippen molar-refractivity contribution in [3.8, 4) is 0 Å². The number of aryl methyl sites for hydroxylation is 3. The van der Waals surface area contributed by atoms with E-state index in [1.165, 1.54) is 16.6 Å². The van der Waals surface area contributed by atoms with Crippen LogP contribution >= 0.6 is 0 Å². The third kappa shape index (κ3) is 2.32. The smallest absolute Gasteiger partial charge is 0.140 e. The van der Waals surface area contributed by atoms with Crippen LogP contribution in [0.25, 0.3) is 11.0 Å². The minimum Gasteiger partial charge on any atom is -0.332 e. The van der Waals surface area contributed by atoms with E-state index in [-0.39, 0.29) is 0 Å². The van der Waals surface area contributed by atoms with Gasteiger partial charge in [-0.3, -0.25) is 4.68 Å².